The number of aliphatic imine (C=N–C) groups is 1. The minimum Gasteiger partial charge on any atom is -0.481 e. The third-order valence-electron chi connectivity index (χ3n) is 5.10. The van der Waals surface area contributed by atoms with Gasteiger partial charge in [-0.1, -0.05) is 12.5 Å². The van der Waals surface area contributed by atoms with E-state index in [0.29, 0.717) is 49.0 Å². The summed E-state index contributed by atoms with van der Waals surface area (Å²) >= 11 is 0. The van der Waals surface area contributed by atoms with Crippen LogP contribution in [-0.2, 0) is 9.59 Å². The van der Waals surface area contributed by atoms with Crippen LogP contribution in [0.5, 0.6) is 0 Å². The van der Waals surface area contributed by atoms with Crippen LogP contribution in [0.15, 0.2) is 23.2 Å². The molecule has 0 radical (unpaired) electrons. The second-order valence-corrected chi connectivity index (χ2v) is 7.18. The SMILES string of the molecule is CN=Cc1ccc(C(=O)NC(CCCN)C(=O)NC2CCCC2C(=O)O)cc1N. The second kappa shape index (κ2) is 10.6. The molecule has 7 N–H and O–H groups in total. The summed E-state index contributed by atoms with van der Waals surface area (Å²) in [5, 5.41) is 14.8. The maximum Gasteiger partial charge on any atom is 0.308 e. The molecule has 29 heavy (non-hydrogen) atoms. The third kappa shape index (κ3) is 6.02. The number of hydrogen-bond donors (Lipinski definition) is 5. The number of nitrogen functional groups attached to an aromatic ring is 1. The van der Waals surface area contributed by atoms with Gasteiger partial charge in [-0.3, -0.25) is 19.4 Å². The van der Waals surface area contributed by atoms with E-state index >= 15 is 0 Å². The van der Waals surface area contributed by atoms with Crippen LogP contribution in [0.2, 0.25) is 0 Å². The number of carbonyl (C=O) groups excluding carboxylic acids is 2. The molecule has 0 heterocycles. The van der Waals surface area contributed by atoms with Crippen molar-refractivity contribution in [3.8, 4) is 0 Å². The Morgan fingerprint density at radius 3 is 2.72 bits per heavy atom. The van der Waals surface area contributed by atoms with Crippen LogP contribution in [0.3, 0.4) is 0 Å². The highest BCUT2D eigenvalue weighted by atomic mass is 16.4. The maximum absolute atomic E-state index is 12.7. The van der Waals surface area contributed by atoms with Gasteiger partial charge in [0.25, 0.3) is 5.91 Å². The van der Waals surface area contributed by atoms with Crippen molar-refractivity contribution < 1.29 is 19.5 Å². The Balaban J connectivity index is 2.09. The van der Waals surface area contributed by atoms with Crippen LogP contribution in [-0.4, -0.2) is 54.8 Å². The topological polar surface area (TPSA) is 160 Å². The normalized spacial score (nSPS) is 19.8. The van der Waals surface area contributed by atoms with Crippen molar-refractivity contribution in [2.75, 3.05) is 19.3 Å². The van der Waals surface area contributed by atoms with E-state index in [1.54, 1.807) is 25.4 Å². The standard InChI is InChI=1S/C20H29N5O4/c1-23-11-13-8-7-12(10-15(13)22)18(26)25-17(6-3-9-21)19(27)24-16-5-2-4-14(16)20(28)29/h7-8,10-11,14,16-17H,2-6,9,21-22H2,1H3,(H,24,27)(H,25,26)(H,28,29). The van der Waals surface area contributed by atoms with Gasteiger partial charge in [0.1, 0.15) is 6.04 Å². The first-order chi connectivity index (χ1) is 13.9. The monoisotopic (exact) mass is 403 g/mol. The van der Waals surface area contributed by atoms with Crippen LogP contribution < -0.4 is 22.1 Å². The highest BCUT2D eigenvalue weighted by Gasteiger charge is 2.35. The van der Waals surface area contributed by atoms with Crippen LogP contribution >= 0.6 is 0 Å². The zero-order chi connectivity index (χ0) is 21.4. The molecule has 1 saturated carbocycles. The Morgan fingerprint density at radius 1 is 1.34 bits per heavy atom. The predicted molar refractivity (Wildman–Crippen MR) is 111 cm³/mol. The smallest absolute Gasteiger partial charge is 0.308 e. The lowest BCUT2D eigenvalue weighted by atomic mass is 10.0. The lowest BCUT2D eigenvalue weighted by Gasteiger charge is -2.23. The minimum absolute atomic E-state index is 0.325. The van der Waals surface area contributed by atoms with E-state index in [9.17, 15) is 19.5 Å². The molecule has 0 saturated heterocycles. The zero-order valence-corrected chi connectivity index (χ0v) is 16.6. The fourth-order valence-corrected chi connectivity index (χ4v) is 3.52. The lowest BCUT2D eigenvalue weighted by Crippen LogP contribution is -2.51. The summed E-state index contributed by atoms with van der Waals surface area (Å²) in [4.78, 5) is 40.6. The number of rotatable bonds is 9. The number of nitrogens with one attached hydrogen (secondary N) is 2. The van der Waals surface area contributed by atoms with Crippen molar-refractivity contribution in [2.24, 2.45) is 16.6 Å². The molecule has 9 nitrogen and oxygen atoms in total. The van der Waals surface area contributed by atoms with Gasteiger partial charge in [-0.05, 0) is 44.4 Å². The number of anilines is 1. The molecule has 1 fully saturated rings. The number of nitrogens with two attached hydrogens (primary N) is 2. The summed E-state index contributed by atoms with van der Waals surface area (Å²) < 4.78 is 0. The van der Waals surface area contributed by atoms with E-state index in [4.69, 9.17) is 11.5 Å². The van der Waals surface area contributed by atoms with E-state index < -0.39 is 35.8 Å². The molecule has 2 rings (SSSR count). The van der Waals surface area contributed by atoms with E-state index in [2.05, 4.69) is 15.6 Å². The first-order valence-corrected chi connectivity index (χ1v) is 9.73. The Kier molecular flexibility index (Phi) is 8.14. The molecule has 158 valence electrons. The summed E-state index contributed by atoms with van der Waals surface area (Å²) in [5.41, 5.74) is 12.9. The molecule has 0 aliphatic heterocycles. The van der Waals surface area contributed by atoms with Crippen molar-refractivity contribution in [2.45, 2.75) is 44.2 Å². The van der Waals surface area contributed by atoms with Gasteiger partial charge in [-0.15, -0.1) is 0 Å². The fourth-order valence-electron chi connectivity index (χ4n) is 3.52. The molecule has 9 heteroatoms. The van der Waals surface area contributed by atoms with Gasteiger partial charge in [0.15, 0.2) is 0 Å². The quantitative estimate of drug-likeness (QED) is 0.298. The van der Waals surface area contributed by atoms with Crippen LogP contribution in [0.25, 0.3) is 0 Å². The number of carboxylic acid groups (broad SMARTS) is 1. The van der Waals surface area contributed by atoms with Gasteiger partial charge in [-0.25, -0.2) is 0 Å². The van der Waals surface area contributed by atoms with Crippen LogP contribution in [0, 0.1) is 5.92 Å². The lowest BCUT2D eigenvalue weighted by molar-refractivity contribution is -0.142. The summed E-state index contributed by atoms with van der Waals surface area (Å²) in [5.74, 6) is -2.35. The number of benzene rings is 1. The molecular weight excluding hydrogens is 374 g/mol. The maximum atomic E-state index is 12.7. The highest BCUT2D eigenvalue weighted by molar-refractivity contribution is 5.99. The van der Waals surface area contributed by atoms with Gasteiger partial charge >= 0.3 is 5.97 Å². The highest BCUT2D eigenvalue weighted by Crippen LogP contribution is 2.26. The summed E-state index contributed by atoms with van der Waals surface area (Å²) in [7, 11) is 1.62. The number of carboxylic acids is 1. The molecule has 0 aromatic heterocycles. The zero-order valence-electron chi connectivity index (χ0n) is 16.6. The Morgan fingerprint density at radius 2 is 2.10 bits per heavy atom. The third-order valence-corrected chi connectivity index (χ3v) is 5.10. The molecule has 2 amide bonds. The number of amides is 2. The van der Waals surface area contributed by atoms with Gasteiger partial charge < -0.3 is 27.2 Å². The molecule has 1 aromatic rings. The van der Waals surface area contributed by atoms with Crippen LogP contribution in [0.4, 0.5) is 5.69 Å². The molecule has 3 atom stereocenters. The molecule has 3 unspecified atom stereocenters. The largest absolute Gasteiger partial charge is 0.481 e. The number of carbonyl (C=O) groups is 3. The fraction of sp³-hybridized carbons (Fsp3) is 0.500. The Hall–Kier alpha value is -2.94. The van der Waals surface area contributed by atoms with Crippen molar-refractivity contribution in [3.63, 3.8) is 0 Å². The minimum atomic E-state index is -0.915. The summed E-state index contributed by atoms with van der Waals surface area (Å²) in [6, 6.07) is 3.58. The summed E-state index contributed by atoms with van der Waals surface area (Å²) in [6.45, 7) is 0.374. The van der Waals surface area contributed by atoms with Gasteiger partial charge in [0.2, 0.25) is 5.91 Å². The number of hydrogen-bond acceptors (Lipinski definition) is 6. The van der Waals surface area contributed by atoms with E-state index in [0.717, 1.165) is 6.42 Å². The predicted octanol–water partition coefficient (Wildman–Crippen LogP) is 0.524. The van der Waals surface area contributed by atoms with Gasteiger partial charge in [-0.2, -0.15) is 0 Å². The molecule has 1 aliphatic carbocycles. The van der Waals surface area contributed by atoms with Gasteiger partial charge in [0.05, 0.1) is 5.92 Å². The molecular formula is C20H29N5O4. The van der Waals surface area contributed by atoms with Crippen LogP contribution in [0.1, 0.15) is 48.0 Å². The number of aliphatic carboxylic acids is 1. The average molecular weight is 403 g/mol. The molecule has 1 aliphatic rings. The van der Waals surface area contributed by atoms with E-state index in [1.807, 2.05) is 0 Å². The van der Waals surface area contributed by atoms with Crippen molar-refractivity contribution in [1.82, 2.24) is 10.6 Å². The second-order valence-electron chi connectivity index (χ2n) is 7.18. The van der Waals surface area contributed by atoms with Crippen molar-refractivity contribution in [3.05, 3.63) is 29.3 Å². The molecule has 0 spiro atoms. The van der Waals surface area contributed by atoms with Crippen molar-refractivity contribution in [1.29, 1.82) is 0 Å². The molecule has 1 aromatic carbocycles. The van der Waals surface area contributed by atoms with E-state index in [1.165, 1.54) is 6.07 Å². The Labute approximate surface area is 169 Å². The first kappa shape index (κ1) is 22.4. The number of nitrogens with zero attached hydrogens (tertiary/aromatic N) is 1. The van der Waals surface area contributed by atoms with Crippen molar-refractivity contribution >= 4 is 29.7 Å². The van der Waals surface area contributed by atoms with Gasteiger partial charge in [0, 0.05) is 36.1 Å². The molecule has 0 bridgehead atoms. The first-order valence-electron chi connectivity index (χ1n) is 9.73. The Bertz CT molecular complexity index is 780. The average Bonchev–Trinajstić information content (AvgIpc) is 3.15. The summed E-state index contributed by atoms with van der Waals surface area (Å²) in [6.07, 6.45) is 4.38. The van der Waals surface area contributed by atoms with E-state index in [-0.39, 0.29) is 0 Å².